The number of carbonyl (C=O) groups excluding carboxylic acids is 1. The average molecular weight is 123 g/mol. The summed E-state index contributed by atoms with van der Waals surface area (Å²) < 4.78 is 4.67. The van der Waals surface area contributed by atoms with Crippen LogP contribution in [0, 0.1) is 0 Å². The van der Waals surface area contributed by atoms with Gasteiger partial charge in [0.15, 0.2) is 0 Å². The Bertz CT molecular complexity index is 191. The van der Waals surface area contributed by atoms with Crippen LogP contribution in [0.5, 0.6) is 0 Å². The van der Waals surface area contributed by atoms with E-state index in [1.807, 2.05) is 0 Å². The van der Waals surface area contributed by atoms with Gasteiger partial charge in [-0.1, -0.05) is 0 Å². The second-order valence-electron chi connectivity index (χ2n) is 1.38. The van der Waals surface area contributed by atoms with E-state index in [4.69, 9.17) is 0 Å². The molecule has 0 aromatic heterocycles. The zero-order valence-corrected chi connectivity index (χ0v) is 4.65. The van der Waals surface area contributed by atoms with E-state index in [1.54, 1.807) is 6.08 Å². The molecule has 0 spiro atoms. The second kappa shape index (κ2) is 2.81. The molecule has 1 amide bonds. The molecular weight excluding hydrogens is 118 g/mol. The molecule has 0 aliphatic carbocycles. The molecule has 3 heteroatoms. The molecule has 0 radical (unpaired) electrons. The average Bonchev–Trinajstić information content (AvgIpc) is 1.79. The Kier molecular flexibility index (Phi) is 1.80. The highest BCUT2D eigenvalue weighted by molar-refractivity contribution is 5.95. The van der Waals surface area contributed by atoms with Gasteiger partial charge in [-0.05, 0) is 6.08 Å². The summed E-state index contributed by atoms with van der Waals surface area (Å²) in [7, 11) is 0. The van der Waals surface area contributed by atoms with E-state index in [2.05, 4.69) is 9.73 Å². The summed E-state index contributed by atoms with van der Waals surface area (Å²) in [5.74, 6) is -0.306. The van der Waals surface area contributed by atoms with E-state index in [1.165, 1.54) is 24.8 Å². The Hall–Kier alpha value is -1.38. The van der Waals surface area contributed by atoms with Gasteiger partial charge in [0.25, 0.3) is 5.91 Å². The number of hydrogen-bond donors (Lipinski definition) is 0. The fourth-order valence-electron chi connectivity index (χ4n) is 0.383. The summed E-state index contributed by atoms with van der Waals surface area (Å²) in [6.07, 6.45) is 6.90. The maximum atomic E-state index is 10.4. The van der Waals surface area contributed by atoms with Crippen molar-refractivity contribution in [3.05, 3.63) is 24.7 Å². The minimum atomic E-state index is -0.306. The van der Waals surface area contributed by atoms with E-state index in [9.17, 15) is 4.79 Å². The maximum Gasteiger partial charge on any atom is 0.272 e. The molecule has 0 fully saturated rings. The third-order valence-corrected chi connectivity index (χ3v) is 0.734. The molecule has 1 aliphatic rings. The smallest absolute Gasteiger partial charge is 0.272 e. The quantitative estimate of drug-likeness (QED) is 0.474. The van der Waals surface area contributed by atoms with Crippen LogP contribution in [0.15, 0.2) is 29.7 Å². The van der Waals surface area contributed by atoms with E-state index >= 15 is 0 Å². The molecule has 46 valence electrons. The van der Waals surface area contributed by atoms with Crippen LogP contribution in [0.3, 0.4) is 0 Å². The largest absolute Gasteiger partial charge is 0.472 e. The highest BCUT2D eigenvalue weighted by Gasteiger charge is 1.88. The molecule has 0 atom stereocenters. The third kappa shape index (κ3) is 1.90. The van der Waals surface area contributed by atoms with Crippen LogP contribution in [0.25, 0.3) is 0 Å². The highest BCUT2D eigenvalue weighted by Crippen LogP contribution is 1.86. The molecule has 1 aliphatic heterocycles. The van der Waals surface area contributed by atoms with Gasteiger partial charge in [-0.2, -0.15) is 0 Å². The predicted molar refractivity (Wildman–Crippen MR) is 32.9 cm³/mol. The van der Waals surface area contributed by atoms with Crippen LogP contribution in [0.1, 0.15) is 0 Å². The first kappa shape index (κ1) is 5.75. The van der Waals surface area contributed by atoms with Crippen LogP contribution in [-0.4, -0.2) is 12.1 Å². The highest BCUT2D eigenvalue weighted by atomic mass is 16.5. The number of aliphatic imine (C=N–C) groups is 1. The zero-order chi connectivity index (χ0) is 6.53. The molecule has 0 aromatic rings. The van der Waals surface area contributed by atoms with Crippen molar-refractivity contribution in [2.75, 3.05) is 0 Å². The number of carbonyl (C=O) groups is 1. The Balaban J connectivity index is 2.72. The number of amides is 1. The molecule has 0 aromatic carbocycles. The standard InChI is InChI=1S/C6H5NO2/c8-6-2-5-9-4-1-3-7-6/h1-5H/b4-1-,5-2-,7-3?. The first-order chi connectivity index (χ1) is 4.39. The van der Waals surface area contributed by atoms with Crippen molar-refractivity contribution >= 4 is 12.1 Å². The normalized spacial score (nSPS) is 23.8. The third-order valence-electron chi connectivity index (χ3n) is 0.734. The van der Waals surface area contributed by atoms with Crippen molar-refractivity contribution in [1.29, 1.82) is 0 Å². The van der Waals surface area contributed by atoms with Gasteiger partial charge in [0, 0.05) is 12.3 Å². The number of rotatable bonds is 0. The second-order valence-corrected chi connectivity index (χ2v) is 1.38. The molecule has 0 bridgehead atoms. The maximum absolute atomic E-state index is 10.4. The van der Waals surface area contributed by atoms with E-state index in [0.29, 0.717) is 0 Å². The van der Waals surface area contributed by atoms with Crippen molar-refractivity contribution in [3.63, 3.8) is 0 Å². The molecule has 0 saturated carbocycles. The molecule has 9 heavy (non-hydrogen) atoms. The molecular formula is C6H5NO2. The number of allylic oxidation sites excluding steroid dienone is 1. The van der Waals surface area contributed by atoms with Crippen LogP contribution in [0.4, 0.5) is 0 Å². The lowest BCUT2D eigenvalue weighted by atomic mass is 10.5. The minimum Gasteiger partial charge on any atom is -0.472 e. The molecule has 1 heterocycles. The summed E-state index contributed by atoms with van der Waals surface area (Å²) in [6.45, 7) is 0. The lowest BCUT2D eigenvalue weighted by Crippen LogP contribution is -1.88. The first-order valence-electron chi connectivity index (χ1n) is 2.45. The van der Waals surface area contributed by atoms with Crippen molar-refractivity contribution in [2.24, 2.45) is 4.99 Å². The number of hydrogen-bond acceptors (Lipinski definition) is 2. The monoisotopic (exact) mass is 123 g/mol. The summed E-state index contributed by atoms with van der Waals surface area (Å²) in [5, 5.41) is 0. The molecule has 0 N–H and O–H groups in total. The van der Waals surface area contributed by atoms with Gasteiger partial charge in [-0.3, -0.25) is 4.79 Å². The van der Waals surface area contributed by atoms with Gasteiger partial charge in [0.2, 0.25) is 0 Å². The molecule has 0 unspecified atom stereocenters. The van der Waals surface area contributed by atoms with Crippen LogP contribution in [-0.2, 0) is 9.53 Å². The summed E-state index contributed by atoms with van der Waals surface area (Å²) in [4.78, 5) is 13.9. The van der Waals surface area contributed by atoms with Gasteiger partial charge >= 0.3 is 0 Å². The molecule has 3 nitrogen and oxygen atoms in total. The van der Waals surface area contributed by atoms with Crippen LogP contribution >= 0.6 is 0 Å². The fraction of sp³-hybridized carbons (Fsp3) is 0. The molecule has 1 rings (SSSR count). The minimum absolute atomic E-state index is 0.306. The lowest BCUT2D eigenvalue weighted by molar-refractivity contribution is -0.113. The summed E-state index contributed by atoms with van der Waals surface area (Å²) >= 11 is 0. The van der Waals surface area contributed by atoms with E-state index in [0.717, 1.165) is 0 Å². The SMILES string of the molecule is O=C1/C=C\O/C=C\C=N1. The predicted octanol–water partition coefficient (Wildman–Crippen LogP) is 0.641. The van der Waals surface area contributed by atoms with Gasteiger partial charge in [0.05, 0.1) is 12.5 Å². The fourth-order valence-corrected chi connectivity index (χ4v) is 0.383. The van der Waals surface area contributed by atoms with Gasteiger partial charge < -0.3 is 4.74 Å². The summed E-state index contributed by atoms with van der Waals surface area (Å²) in [6, 6.07) is 0. The number of nitrogens with zero attached hydrogens (tertiary/aromatic N) is 1. The van der Waals surface area contributed by atoms with Gasteiger partial charge in [0.1, 0.15) is 0 Å². The van der Waals surface area contributed by atoms with Crippen molar-refractivity contribution in [2.45, 2.75) is 0 Å². The lowest BCUT2D eigenvalue weighted by Gasteiger charge is -1.88. The van der Waals surface area contributed by atoms with Crippen LogP contribution < -0.4 is 0 Å². The van der Waals surface area contributed by atoms with Crippen molar-refractivity contribution in [3.8, 4) is 0 Å². The first-order valence-corrected chi connectivity index (χ1v) is 2.45. The van der Waals surface area contributed by atoms with Crippen molar-refractivity contribution in [1.82, 2.24) is 0 Å². The Labute approximate surface area is 52.3 Å². The van der Waals surface area contributed by atoms with E-state index in [-0.39, 0.29) is 5.91 Å². The Morgan fingerprint density at radius 1 is 1.44 bits per heavy atom. The topological polar surface area (TPSA) is 38.7 Å². The Morgan fingerprint density at radius 3 is 3.22 bits per heavy atom. The van der Waals surface area contributed by atoms with Crippen LogP contribution in [0.2, 0.25) is 0 Å². The Morgan fingerprint density at radius 2 is 2.33 bits per heavy atom. The molecule has 0 saturated heterocycles. The summed E-state index contributed by atoms with van der Waals surface area (Å²) in [5.41, 5.74) is 0. The number of ether oxygens (including phenoxy) is 1. The van der Waals surface area contributed by atoms with E-state index < -0.39 is 0 Å². The van der Waals surface area contributed by atoms with Crippen molar-refractivity contribution < 1.29 is 9.53 Å². The van der Waals surface area contributed by atoms with Gasteiger partial charge in [-0.25, -0.2) is 4.99 Å². The zero-order valence-electron chi connectivity index (χ0n) is 4.65. The van der Waals surface area contributed by atoms with Gasteiger partial charge in [-0.15, -0.1) is 0 Å².